The van der Waals surface area contributed by atoms with Gasteiger partial charge in [-0.15, -0.1) is 0 Å². The van der Waals surface area contributed by atoms with E-state index in [1.165, 1.54) is 0 Å². The zero-order valence-electron chi connectivity index (χ0n) is 13.9. The highest BCUT2D eigenvalue weighted by atomic mass is 35.5. The minimum atomic E-state index is -0.511. The predicted molar refractivity (Wildman–Crippen MR) is 108 cm³/mol. The van der Waals surface area contributed by atoms with E-state index in [0.29, 0.717) is 5.69 Å². The fourth-order valence-corrected chi connectivity index (χ4v) is 3.46. The number of pyridine rings is 1. The third kappa shape index (κ3) is 4.18. The Morgan fingerprint density at radius 3 is 2.19 bits per heavy atom. The van der Waals surface area contributed by atoms with Crippen LogP contribution in [0.15, 0.2) is 24.3 Å². The van der Waals surface area contributed by atoms with Crippen LogP contribution in [-0.4, -0.2) is 49.0 Å². The quantitative estimate of drug-likeness (QED) is 0.712. The maximum Gasteiger partial charge on any atom is 0.275 e. The van der Waals surface area contributed by atoms with Crippen LogP contribution in [0.2, 0.25) is 20.2 Å². The summed E-state index contributed by atoms with van der Waals surface area (Å²) < 4.78 is 0. The van der Waals surface area contributed by atoms with Gasteiger partial charge in [-0.25, -0.2) is 4.98 Å². The van der Waals surface area contributed by atoms with Crippen molar-refractivity contribution in [1.29, 1.82) is 0 Å². The van der Waals surface area contributed by atoms with Crippen LogP contribution < -0.4 is 10.2 Å². The lowest BCUT2D eigenvalue weighted by molar-refractivity contribution is 0.102. The topological polar surface area (TPSA) is 48.5 Å². The first-order valence-corrected chi connectivity index (χ1v) is 9.43. The summed E-state index contributed by atoms with van der Waals surface area (Å²) in [5.41, 5.74) is 1.66. The number of carbonyl (C=O) groups is 1. The fraction of sp³-hybridized carbons (Fsp3) is 0.294. The number of likely N-dealkylation sites (N-methyl/N-ethyl adjacent to an activating group) is 1. The van der Waals surface area contributed by atoms with E-state index in [-0.39, 0.29) is 25.9 Å². The Balaban J connectivity index is 1.72. The van der Waals surface area contributed by atoms with Crippen LogP contribution in [-0.2, 0) is 0 Å². The second kappa shape index (κ2) is 8.19. The molecule has 2 heterocycles. The number of hydrogen-bond acceptors (Lipinski definition) is 4. The minimum Gasteiger partial charge on any atom is -0.369 e. The number of rotatable bonds is 3. The Morgan fingerprint density at radius 2 is 1.58 bits per heavy atom. The molecular formula is C17H16Cl4N4O. The number of halogens is 4. The van der Waals surface area contributed by atoms with Crippen LogP contribution in [0.1, 0.15) is 10.5 Å². The van der Waals surface area contributed by atoms with Crippen LogP contribution in [0.25, 0.3) is 0 Å². The van der Waals surface area contributed by atoms with Gasteiger partial charge in [-0.2, -0.15) is 0 Å². The molecule has 0 atom stereocenters. The molecule has 0 aliphatic carbocycles. The van der Waals surface area contributed by atoms with Gasteiger partial charge in [0.1, 0.15) is 10.8 Å². The maximum absolute atomic E-state index is 12.4. The molecule has 0 bridgehead atoms. The number of hydrogen-bond donors (Lipinski definition) is 1. The summed E-state index contributed by atoms with van der Waals surface area (Å²) in [6, 6.07) is 7.60. The Morgan fingerprint density at radius 1 is 0.962 bits per heavy atom. The Hall–Kier alpha value is -1.24. The number of amides is 1. The fourth-order valence-electron chi connectivity index (χ4n) is 2.65. The molecule has 5 nitrogen and oxygen atoms in total. The molecule has 1 saturated heterocycles. The Labute approximate surface area is 171 Å². The summed E-state index contributed by atoms with van der Waals surface area (Å²) in [5.74, 6) is -0.511. The first-order chi connectivity index (χ1) is 12.4. The van der Waals surface area contributed by atoms with E-state index in [9.17, 15) is 4.79 Å². The number of carbonyl (C=O) groups excluding carboxylic acids is 1. The van der Waals surface area contributed by atoms with Crippen molar-refractivity contribution in [3.05, 3.63) is 50.2 Å². The number of aromatic nitrogens is 1. The van der Waals surface area contributed by atoms with Crippen LogP contribution in [0.5, 0.6) is 0 Å². The number of nitrogens with one attached hydrogen (secondary N) is 1. The minimum absolute atomic E-state index is 0.00361. The van der Waals surface area contributed by atoms with Gasteiger partial charge in [0.15, 0.2) is 0 Å². The molecular weight excluding hydrogens is 418 g/mol. The van der Waals surface area contributed by atoms with Crippen LogP contribution in [0, 0.1) is 0 Å². The molecule has 1 aliphatic rings. The summed E-state index contributed by atoms with van der Waals surface area (Å²) in [6.45, 7) is 4.01. The van der Waals surface area contributed by atoms with E-state index >= 15 is 0 Å². The highest BCUT2D eigenvalue weighted by Gasteiger charge is 2.20. The zero-order chi connectivity index (χ0) is 18.8. The summed E-state index contributed by atoms with van der Waals surface area (Å²) in [5, 5.41) is 2.65. The van der Waals surface area contributed by atoms with Gasteiger partial charge in [-0.05, 0) is 31.3 Å². The Kier molecular flexibility index (Phi) is 6.15. The SMILES string of the molecule is CN1CCN(c2ccc(NC(=O)c3nc(Cl)c(Cl)c(Cl)c3Cl)cc2)CC1. The first-order valence-electron chi connectivity index (χ1n) is 7.91. The molecule has 3 rings (SSSR count). The van der Waals surface area contributed by atoms with Crippen molar-refractivity contribution >= 4 is 63.7 Å². The van der Waals surface area contributed by atoms with Gasteiger partial charge < -0.3 is 15.1 Å². The van der Waals surface area contributed by atoms with Crippen LogP contribution >= 0.6 is 46.4 Å². The van der Waals surface area contributed by atoms with Crippen molar-refractivity contribution in [2.45, 2.75) is 0 Å². The van der Waals surface area contributed by atoms with Gasteiger partial charge in [-0.3, -0.25) is 4.79 Å². The van der Waals surface area contributed by atoms with E-state index in [4.69, 9.17) is 46.4 Å². The lowest BCUT2D eigenvalue weighted by Crippen LogP contribution is -2.44. The normalized spacial score (nSPS) is 15.2. The first kappa shape index (κ1) is 19.5. The van der Waals surface area contributed by atoms with Crippen molar-refractivity contribution in [3.63, 3.8) is 0 Å². The molecule has 138 valence electrons. The van der Waals surface area contributed by atoms with E-state index in [1.807, 2.05) is 24.3 Å². The summed E-state index contributed by atoms with van der Waals surface area (Å²) in [7, 11) is 2.12. The third-order valence-corrected chi connectivity index (χ3v) is 5.87. The second-order valence-corrected chi connectivity index (χ2v) is 7.48. The third-order valence-electron chi connectivity index (χ3n) is 4.19. The van der Waals surface area contributed by atoms with Crippen molar-refractivity contribution in [2.24, 2.45) is 0 Å². The molecule has 2 aromatic rings. The number of nitrogens with zero attached hydrogens (tertiary/aromatic N) is 3. The molecule has 0 saturated carbocycles. The number of benzene rings is 1. The molecule has 0 spiro atoms. The number of anilines is 2. The lowest BCUT2D eigenvalue weighted by atomic mass is 10.2. The second-order valence-electron chi connectivity index (χ2n) is 5.98. The summed E-state index contributed by atoms with van der Waals surface area (Å²) in [4.78, 5) is 21.0. The van der Waals surface area contributed by atoms with Gasteiger partial charge in [-0.1, -0.05) is 46.4 Å². The smallest absolute Gasteiger partial charge is 0.275 e. The van der Waals surface area contributed by atoms with Gasteiger partial charge in [0.2, 0.25) is 0 Å². The zero-order valence-corrected chi connectivity index (χ0v) is 16.9. The van der Waals surface area contributed by atoms with Gasteiger partial charge >= 0.3 is 0 Å². The highest BCUT2D eigenvalue weighted by molar-refractivity contribution is 6.52. The van der Waals surface area contributed by atoms with E-state index in [0.717, 1.165) is 31.9 Å². The summed E-state index contributed by atoms with van der Waals surface area (Å²) in [6.07, 6.45) is 0. The Bertz CT molecular complexity index is 821. The van der Waals surface area contributed by atoms with Crippen LogP contribution in [0.4, 0.5) is 11.4 Å². The van der Waals surface area contributed by atoms with Crippen LogP contribution in [0.3, 0.4) is 0 Å². The van der Waals surface area contributed by atoms with Crippen molar-refractivity contribution in [3.8, 4) is 0 Å². The molecule has 0 radical (unpaired) electrons. The van der Waals surface area contributed by atoms with Crippen molar-refractivity contribution in [1.82, 2.24) is 9.88 Å². The molecule has 9 heteroatoms. The van der Waals surface area contributed by atoms with Crippen molar-refractivity contribution < 1.29 is 4.79 Å². The molecule has 1 fully saturated rings. The molecule has 0 unspecified atom stereocenters. The molecule has 1 N–H and O–H groups in total. The standard InChI is InChI=1S/C17H16Cl4N4O/c1-24-6-8-25(9-7-24)11-4-2-10(3-5-11)22-17(26)15-13(19)12(18)14(20)16(21)23-15/h2-5H,6-9H2,1H3,(H,22,26). The monoisotopic (exact) mass is 432 g/mol. The maximum atomic E-state index is 12.4. The lowest BCUT2D eigenvalue weighted by Gasteiger charge is -2.34. The molecule has 1 amide bonds. The van der Waals surface area contributed by atoms with E-state index < -0.39 is 5.91 Å². The van der Waals surface area contributed by atoms with Gasteiger partial charge in [0, 0.05) is 37.6 Å². The average Bonchev–Trinajstić information content (AvgIpc) is 2.64. The average molecular weight is 434 g/mol. The van der Waals surface area contributed by atoms with Crippen molar-refractivity contribution in [2.75, 3.05) is 43.4 Å². The number of piperazine rings is 1. The molecule has 1 aromatic carbocycles. The molecule has 1 aromatic heterocycles. The van der Waals surface area contributed by atoms with Gasteiger partial charge in [0.05, 0.1) is 15.1 Å². The largest absolute Gasteiger partial charge is 0.369 e. The molecule has 26 heavy (non-hydrogen) atoms. The molecule has 1 aliphatic heterocycles. The van der Waals surface area contributed by atoms with E-state index in [2.05, 4.69) is 27.1 Å². The summed E-state index contributed by atoms with van der Waals surface area (Å²) >= 11 is 23.8. The predicted octanol–water partition coefficient (Wildman–Crippen LogP) is 4.70. The highest BCUT2D eigenvalue weighted by Crippen LogP contribution is 2.36. The van der Waals surface area contributed by atoms with E-state index in [1.54, 1.807) is 0 Å². The van der Waals surface area contributed by atoms with Gasteiger partial charge in [0.25, 0.3) is 5.91 Å².